The van der Waals surface area contributed by atoms with E-state index in [0.29, 0.717) is 36.2 Å². The Bertz CT molecular complexity index is 827. The van der Waals surface area contributed by atoms with Gasteiger partial charge in [-0.1, -0.05) is 12.1 Å². The molecule has 8 heteroatoms. The van der Waals surface area contributed by atoms with E-state index in [4.69, 9.17) is 9.47 Å². The first-order valence-corrected chi connectivity index (χ1v) is 8.84. The smallest absolute Gasteiger partial charge is 0.243 e. The summed E-state index contributed by atoms with van der Waals surface area (Å²) in [4.78, 5) is 16.5. The van der Waals surface area contributed by atoms with Gasteiger partial charge in [0.25, 0.3) is 0 Å². The van der Waals surface area contributed by atoms with Crippen LogP contribution in [0.5, 0.6) is 11.5 Å². The number of halogens is 1. The van der Waals surface area contributed by atoms with Crippen LogP contribution in [-0.4, -0.2) is 39.2 Å². The van der Waals surface area contributed by atoms with Crippen molar-refractivity contribution in [1.82, 2.24) is 10.6 Å². The molecule has 0 bridgehead atoms. The maximum Gasteiger partial charge on any atom is 0.243 e. The van der Waals surface area contributed by atoms with E-state index in [2.05, 4.69) is 20.9 Å². The molecule has 0 atom stereocenters. The Kier molecular flexibility index (Phi) is 8.08. The summed E-state index contributed by atoms with van der Waals surface area (Å²) >= 11 is 0. The molecule has 7 nitrogen and oxygen atoms in total. The first-order valence-electron chi connectivity index (χ1n) is 8.84. The van der Waals surface area contributed by atoms with Gasteiger partial charge in [-0.2, -0.15) is 0 Å². The van der Waals surface area contributed by atoms with Crippen molar-refractivity contribution in [2.24, 2.45) is 4.99 Å². The van der Waals surface area contributed by atoms with Crippen LogP contribution in [0.15, 0.2) is 47.5 Å². The van der Waals surface area contributed by atoms with Crippen molar-refractivity contribution in [1.29, 1.82) is 0 Å². The van der Waals surface area contributed by atoms with Crippen LogP contribution in [0.2, 0.25) is 0 Å². The van der Waals surface area contributed by atoms with Crippen molar-refractivity contribution in [3.8, 4) is 11.5 Å². The largest absolute Gasteiger partial charge is 0.493 e. The van der Waals surface area contributed by atoms with E-state index in [1.807, 2.05) is 25.1 Å². The predicted octanol–water partition coefficient (Wildman–Crippen LogP) is 2.54. The van der Waals surface area contributed by atoms with Crippen molar-refractivity contribution in [2.75, 3.05) is 32.6 Å². The summed E-state index contributed by atoms with van der Waals surface area (Å²) in [6.07, 6.45) is 0. The second-order valence-corrected chi connectivity index (χ2v) is 5.80. The summed E-state index contributed by atoms with van der Waals surface area (Å²) in [7, 11) is 3.16. The van der Waals surface area contributed by atoms with Gasteiger partial charge in [0.05, 0.1) is 27.3 Å². The maximum absolute atomic E-state index is 13.2. The number of carbonyl (C=O) groups is 1. The first kappa shape index (κ1) is 21.0. The van der Waals surface area contributed by atoms with Crippen molar-refractivity contribution in [3.63, 3.8) is 0 Å². The molecule has 0 heterocycles. The third-order valence-electron chi connectivity index (χ3n) is 3.74. The van der Waals surface area contributed by atoms with Crippen molar-refractivity contribution in [2.45, 2.75) is 13.5 Å². The second-order valence-electron chi connectivity index (χ2n) is 5.80. The van der Waals surface area contributed by atoms with Crippen LogP contribution in [-0.2, 0) is 11.3 Å². The summed E-state index contributed by atoms with van der Waals surface area (Å²) in [5.74, 6) is 1.06. The molecule has 0 aromatic heterocycles. The molecule has 0 spiro atoms. The number of ether oxygens (including phenoxy) is 2. The Morgan fingerprint density at radius 1 is 1.07 bits per heavy atom. The van der Waals surface area contributed by atoms with Gasteiger partial charge in [0.1, 0.15) is 5.82 Å². The van der Waals surface area contributed by atoms with Gasteiger partial charge in [0.2, 0.25) is 5.91 Å². The van der Waals surface area contributed by atoms with E-state index < -0.39 is 5.82 Å². The van der Waals surface area contributed by atoms with Crippen LogP contribution in [0.4, 0.5) is 10.1 Å². The highest BCUT2D eigenvalue weighted by Gasteiger charge is 2.07. The van der Waals surface area contributed by atoms with Gasteiger partial charge in [-0.05, 0) is 42.8 Å². The molecule has 0 fully saturated rings. The van der Waals surface area contributed by atoms with E-state index in [1.165, 1.54) is 18.2 Å². The molecule has 0 aliphatic heterocycles. The number of aliphatic imine (C=N–C) groups is 1. The first-order chi connectivity index (χ1) is 13.5. The highest BCUT2D eigenvalue weighted by atomic mass is 19.1. The van der Waals surface area contributed by atoms with E-state index in [9.17, 15) is 9.18 Å². The lowest BCUT2D eigenvalue weighted by molar-refractivity contribution is -0.115. The highest BCUT2D eigenvalue weighted by molar-refractivity contribution is 5.94. The Labute approximate surface area is 164 Å². The van der Waals surface area contributed by atoms with Gasteiger partial charge in [-0.15, -0.1) is 0 Å². The Balaban J connectivity index is 1.95. The molecule has 0 radical (unpaired) electrons. The van der Waals surface area contributed by atoms with Gasteiger partial charge in [-0.3, -0.25) is 4.79 Å². The van der Waals surface area contributed by atoms with Gasteiger partial charge in [-0.25, -0.2) is 9.38 Å². The zero-order valence-electron chi connectivity index (χ0n) is 16.2. The minimum atomic E-state index is -0.407. The van der Waals surface area contributed by atoms with Crippen LogP contribution in [0.1, 0.15) is 12.5 Å². The van der Waals surface area contributed by atoms with Crippen LogP contribution < -0.4 is 25.4 Å². The number of amides is 1. The molecule has 1 amide bonds. The SMILES string of the molecule is CCNC(=NCc1ccc(OC)c(OC)c1)NCC(=O)Nc1cccc(F)c1. The number of nitrogens with one attached hydrogen (secondary N) is 3. The molecule has 150 valence electrons. The summed E-state index contributed by atoms with van der Waals surface area (Å²) < 4.78 is 23.7. The van der Waals surface area contributed by atoms with Crippen molar-refractivity contribution in [3.05, 3.63) is 53.8 Å². The zero-order chi connectivity index (χ0) is 20.4. The molecule has 0 aliphatic carbocycles. The molecule has 0 saturated heterocycles. The number of hydrogen-bond donors (Lipinski definition) is 3. The molecule has 3 N–H and O–H groups in total. The number of guanidine groups is 1. The zero-order valence-corrected chi connectivity index (χ0v) is 16.2. The average molecular weight is 388 g/mol. The third kappa shape index (κ3) is 6.46. The normalized spacial score (nSPS) is 10.9. The molecule has 28 heavy (non-hydrogen) atoms. The average Bonchev–Trinajstić information content (AvgIpc) is 2.69. The second kappa shape index (κ2) is 10.8. The Morgan fingerprint density at radius 2 is 1.86 bits per heavy atom. The van der Waals surface area contributed by atoms with E-state index in [1.54, 1.807) is 20.3 Å². The fraction of sp³-hybridized carbons (Fsp3) is 0.300. The lowest BCUT2D eigenvalue weighted by Crippen LogP contribution is -2.41. The van der Waals surface area contributed by atoms with Crippen molar-refractivity contribution >= 4 is 17.6 Å². The minimum Gasteiger partial charge on any atom is -0.493 e. The number of methoxy groups -OCH3 is 2. The van der Waals surface area contributed by atoms with E-state index in [-0.39, 0.29) is 12.5 Å². The standard InChI is InChI=1S/C20H25FN4O3/c1-4-22-20(23-12-14-8-9-17(27-2)18(10-14)28-3)24-13-19(26)25-16-7-5-6-15(21)11-16/h5-11H,4,12-13H2,1-3H3,(H,25,26)(H2,22,23,24). The molecule has 0 unspecified atom stereocenters. The molecule has 0 saturated carbocycles. The fourth-order valence-electron chi connectivity index (χ4n) is 2.43. The van der Waals surface area contributed by atoms with Gasteiger partial charge in [0.15, 0.2) is 17.5 Å². The quantitative estimate of drug-likeness (QED) is 0.478. The summed E-state index contributed by atoms with van der Waals surface area (Å²) in [6, 6.07) is 11.3. The fourth-order valence-corrected chi connectivity index (χ4v) is 2.43. The third-order valence-corrected chi connectivity index (χ3v) is 3.74. The maximum atomic E-state index is 13.2. The van der Waals surface area contributed by atoms with Crippen LogP contribution in [0, 0.1) is 5.82 Å². The van der Waals surface area contributed by atoms with Crippen molar-refractivity contribution < 1.29 is 18.7 Å². The molecule has 2 aromatic rings. The number of nitrogens with zero attached hydrogens (tertiary/aromatic N) is 1. The van der Waals surface area contributed by atoms with Crippen LogP contribution in [0.25, 0.3) is 0 Å². The number of anilines is 1. The predicted molar refractivity (Wildman–Crippen MR) is 107 cm³/mol. The highest BCUT2D eigenvalue weighted by Crippen LogP contribution is 2.27. The summed E-state index contributed by atoms with van der Waals surface area (Å²) in [6.45, 7) is 2.96. The number of rotatable bonds is 8. The van der Waals surface area contributed by atoms with Crippen LogP contribution in [0.3, 0.4) is 0 Å². The molecular weight excluding hydrogens is 363 g/mol. The summed E-state index contributed by atoms with van der Waals surface area (Å²) in [5, 5.41) is 8.66. The Hall–Kier alpha value is -3.29. The van der Waals surface area contributed by atoms with E-state index in [0.717, 1.165) is 5.56 Å². The Morgan fingerprint density at radius 3 is 2.54 bits per heavy atom. The molecule has 2 aromatic carbocycles. The van der Waals surface area contributed by atoms with Gasteiger partial charge in [0, 0.05) is 12.2 Å². The monoisotopic (exact) mass is 388 g/mol. The van der Waals surface area contributed by atoms with E-state index >= 15 is 0 Å². The number of carbonyl (C=O) groups excluding carboxylic acids is 1. The topological polar surface area (TPSA) is 84.0 Å². The molecule has 2 rings (SSSR count). The lowest BCUT2D eigenvalue weighted by Gasteiger charge is -2.12. The van der Waals surface area contributed by atoms with Crippen LogP contribution >= 0.6 is 0 Å². The van der Waals surface area contributed by atoms with Gasteiger partial charge >= 0.3 is 0 Å². The number of hydrogen-bond acceptors (Lipinski definition) is 4. The van der Waals surface area contributed by atoms with Gasteiger partial charge < -0.3 is 25.4 Å². The molecular formula is C20H25FN4O3. The molecule has 0 aliphatic rings. The lowest BCUT2D eigenvalue weighted by atomic mass is 10.2. The minimum absolute atomic E-state index is 0.00567. The summed E-state index contributed by atoms with van der Waals surface area (Å²) in [5.41, 5.74) is 1.33. The number of benzene rings is 2.